The summed E-state index contributed by atoms with van der Waals surface area (Å²) >= 11 is 1.79. The Morgan fingerprint density at radius 2 is 2.25 bits per heavy atom. The van der Waals surface area contributed by atoms with Crippen LogP contribution in [0.5, 0.6) is 0 Å². The van der Waals surface area contributed by atoms with Crippen molar-refractivity contribution in [2.45, 2.75) is 39.9 Å². The Morgan fingerprint density at radius 3 is 2.90 bits per heavy atom. The normalized spacial score (nSPS) is 12.8. The summed E-state index contributed by atoms with van der Waals surface area (Å²) < 4.78 is 7.16. The Labute approximate surface area is 124 Å². The molecule has 5 heteroatoms. The molecule has 0 saturated heterocycles. The monoisotopic (exact) mass is 293 g/mol. The number of nitrogens with one attached hydrogen (secondary N) is 1. The summed E-state index contributed by atoms with van der Waals surface area (Å²) in [6.45, 7) is 8.76. The maximum Gasteiger partial charge on any atom is 0.0658 e. The first-order chi connectivity index (χ1) is 9.63. The van der Waals surface area contributed by atoms with Crippen molar-refractivity contribution in [3.8, 4) is 0 Å². The van der Waals surface area contributed by atoms with Gasteiger partial charge in [0.05, 0.1) is 18.8 Å². The number of methoxy groups -OCH3 is 1. The van der Waals surface area contributed by atoms with Crippen LogP contribution in [0.15, 0.2) is 17.5 Å². The van der Waals surface area contributed by atoms with Crippen LogP contribution in [-0.4, -0.2) is 23.5 Å². The van der Waals surface area contributed by atoms with E-state index in [2.05, 4.69) is 48.7 Å². The van der Waals surface area contributed by atoms with E-state index in [9.17, 15) is 0 Å². The molecule has 0 aliphatic carbocycles. The zero-order valence-electron chi connectivity index (χ0n) is 12.6. The Balaban J connectivity index is 2.00. The van der Waals surface area contributed by atoms with Gasteiger partial charge in [-0.05, 0) is 32.2 Å². The third-order valence-electron chi connectivity index (χ3n) is 3.59. The van der Waals surface area contributed by atoms with Gasteiger partial charge in [0.25, 0.3) is 0 Å². The Bertz CT molecular complexity index is 534. The van der Waals surface area contributed by atoms with Crippen LogP contribution in [0.2, 0.25) is 0 Å². The molecule has 0 bridgehead atoms. The predicted molar refractivity (Wildman–Crippen MR) is 83.2 cm³/mol. The van der Waals surface area contributed by atoms with Gasteiger partial charge in [0, 0.05) is 35.8 Å². The number of hydrogen-bond donors (Lipinski definition) is 1. The fraction of sp³-hybridized carbons (Fsp3) is 0.533. The molecular weight excluding hydrogens is 270 g/mol. The topological polar surface area (TPSA) is 39.1 Å². The van der Waals surface area contributed by atoms with Crippen molar-refractivity contribution in [1.29, 1.82) is 0 Å². The Morgan fingerprint density at radius 1 is 1.45 bits per heavy atom. The van der Waals surface area contributed by atoms with Crippen LogP contribution in [0.3, 0.4) is 0 Å². The van der Waals surface area contributed by atoms with Crippen molar-refractivity contribution in [1.82, 2.24) is 15.1 Å². The second-order valence-corrected chi connectivity index (χ2v) is 5.96. The lowest BCUT2D eigenvalue weighted by atomic mass is 10.2. The van der Waals surface area contributed by atoms with Crippen molar-refractivity contribution in [3.05, 3.63) is 39.3 Å². The van der Waals surface area contributed by atoms with Crippen molar-refractivity contribution >= 4 is 11.3 Å². The van der Waals surface area contributed by atoms with E-state index in [1.165, 1.54) is 16.1 Å². The molecule has 2 rings (SSSR count). The number of aromatic nitrogens is 2. The van der Waals surface area contributed by atoms with Gasteiger partial charge in [-0.15, -0.1) is 11.3 Å². The van der Waals surface area contributed by atoms with Gasteiger partial charge in [-0.3, -0.25) is 4.68 Å². The summed E-state index contributed by atoms with van der Waals surface area (Å²) in [4.78, 5) is 1.37. The minimum Gasteiger partial charge on any atom is -0.383 e. The Kier molecular flexibility index (Phi) is 5.34. The summed E-state index contributed by atoms with van der Waals surface area (Å²) in [5.41, 5.74) is 3.62. The molecule has 110 valence electrons. The first kappa shape index (κ1) is 15.2. The van der Waals surface area contributed by atoms with Crippen molar-refractivity contribution in [2.24, 2.45) is 0 Å². The third kappa shape index (κ3) is 3.48. The highest BCUT2D eigenvalue weighted by Gasteiger charge is 2.13. The summed E-state index contributed by atoms with van der Waals surface area (Å²) in [6, 6.07) is 4.64. The van der Waals surface area contributed by atoms with E-state index in [-0.39, 0.29) is 0 Å². The summed E-state index contributed by atoms with van der Waals surface area (Å²) in [7, 11) is 1.72. The van der Waals surface area contributed by atoms with Gasteiger partial charge in [-0.2, -0.15) is 5.10 Å². The fourth-order valence-corrected chi connectivity index (χ4v) is 3.04. The van der Waals surface area contributed by atoms with E-state index in [1.54, 1.807) is 18.4 Å². The van der Waals surface area contributed by atoms with Crippen molar-refractivity contribution in [2.75, 3.05) is 13.7 Å². The van der Waals surface area contributed by atoms with Gasteiger partial charge >= 0.3 is 0 Å². The van der Waals surface area contributed by atoms with Gasteiger partial charge in [-0.25, -0.2) is 0 Å². The SMILES string of the molecule is COCCn1nc(C)c(CNC(C)c2cccs2)c1C. The number of aryl methyl sites for hydroxylation is 1. The summed E-state index contributed by atoms with van der Waals surface area (Å²) in [5.74, 6) is 0. The minimum atomic E-state index is 0.371. The molecule has 0 aliphatic rings. The van der Waals surface area contributed by atoms with Crippen LogP contribution >= 0.6 is 11.3 Å². The van der Waals surface area contributed by atoms with Crippen LogP contribution in [0.4, 0.5) is 0 Å². The van der Waals surface area contributed by atoms with E-state index in [1.807, 2.05) is 4.68 Å². The lowest BCUT2D eigenvalue weighted by Crippen LogP contribution is -2.18. The lowest BCUT2D eigenvalue weighted by Gasteiger charge is -2.12. The number of nitrogens with zero attached hydrogens (tertiary/aromatic N) is 2. The van der Waals surface area contributed by atoms with Crippen molar-refractivity contribution < 1.29 is 4.74 Å². The molecule has 2 heterocycles. The largest absolute Gasteiger partial charge is 0.383 e. The van der Waals surface area contributed by atoms with Crippen LogP contribution in [0.1, 0.15) is 34.8 Å². The zero-order chi connectivity index (χ0) is 14.5. The highest BCUT2D eigenvalue weighted by Crippen LogP contribution is 2.20. The van der Waals surface area contributed by atoms with Crippen LogP contribution < -0.4 is 5.32 Å². The molecule has 4 nitrogen and oxygen atoms in total. The van der Waals surface area contributed by atoms with E-state index in [0.717, 1.165) is 18.8 Å². The average Bonchev–Trinajstić information content (AvgIpc) is 3.04. The molecule has 1 atom stereocenters. The third-order valence-corrected chi connectivity index (χ3v) is 4.65. The second-order valence-electron chi connectivity index (χ2n) is 4.98. The minimum absolute atomic E-state index is 0.371. The first-order valence-electron chi connectivity index (χ1n) is 6.92. The van der Waals surface area contributed by atoms with E-state index < -0.39 is 0 Å². The van der Waals surface area contributed by atoms with E-state index in [0.29, 0.717) is 12.6 Å². The van der Waals surface area contributed by atoms with Gasteiger partial charge in [0.15, 0.2) is 0 Å². The average molecular weight is 293 g/mol. The number of ether oxygens (including phenoxy) is 1. The smallest absolute Gasteiger partial charge is 0.0658 e. The Hall–Kier alpha value is -1.17. The molecule has 1 unspecified atom stereocenters. The fourth-order valence-electron chi connectivity index (χ4n) is 2.28. The van der Waals surface area contributed by atoms with Gasteiger partial charge in [0.2, 0.25) is 0 Å². The molecular formula is C15H23N3OS. The van der Waals surface area contributed by atoms with Gasteiger partial charge in [0.1, 0.15) is 0 Å². The quantitative estimate of drug-likeness (QED) is 0.853. The molecule has 0 spiro atoms. The van der Waals surface area contributed by atoms with Gasteiger partial charge in [-0.1, -0.05) is 6.07 Å². The van der Waals surface area contributed by atoms with Crippen LogP contribution in [-0.2, 0) is 17.8 Å². The summed E-state index contributed by atoms with van der Waals surface area (Å²) in [6.07, 6.45) is 0. The van der Waals surface area contributed by atoms with Gasteiger partial charge < -0.3 is 10.1 Å². The maximum atomic E-state index is 5.12. The molecule has 0 saturated carbocycles. The maximum absolute atomic E-state index is 5.12. The highest BCUT2D eigenvalue weighted by atomic mass is 32.1. The standard InChI is InChI=1S/C15H23N3OS/c1-11-14(13(3)18(17-11)7-8-19-4)10-16-12(2)15-6-5-9-20-15/h5-6,9,12,16H,7-8,10H2,1-4H3. The second kappa shape index (κ2) is 7.02. The predicted octanol–water partition coefficient (Wildman–Crippen LogP) is 3.06. The summed E-state index contributed by atoms with van der Waals surface area (Å²) in [5, 5.41) is 10.3. The van der Waals surface area contributed by atoms with Crippen molar-refractivity contribution in [3.63, 3.8) is 0 Å². The molecule has 0 fully saturated rings. The highest BCUT2D eigenvalue weighted by molar-refractivity contribution is 7.10. The molecule has 0 aromatic carbocycles. The first-order valence-corrected chi connectivity index (χ1v) is 7.80. The van der Waals surface area contributed by atoms with Crippen LogP contribution in [0.25, 0.3) is 0 Å². The molecule has 0 aliphatic heterocycles. The molecule has 20 heavy (non-hydrogen) atoms. The molecule has 2 aromatic heterocycles. The molecule has 1 N–H and O–H groups in total. The van der Waals surface area contributed by atoms with Crippen LogP contribution in [0, 0.1) is 13.8 Å². The number of rotatable bonds is 7. The number of hydrogen-bond acceptors (Lipinski definition) is 4. The lowest BCUT2D eigenvalue weighted by molar-refractivity contribution is 0.182. The molecule has 0 amide bonds. The number of thiophene rings is 1. The van der Waals surface area contributed by atoms with E-state index in [4.69, 9.17) is 4.74 Å². The molecule has 2 aromatic rings. The zero-order valence-corrected chi connectivity index (χ0v) is 13.5. The molecule has 0 radical (unpaired) electrons. The van der Waals surface area contributed by atoms with E-state index >= 15 is 0 Å².